The van der Waals surface area contributed by atoms with E-state index in [0.717, 1.165) is 32.1 Å². The van der Waals surface area contributed by atoms with Gasteiger partial charge in [-0.05, 0) is 44.7 Å². The summed E-state index contributed by atoms with van der Waals surface area (Å²) in [5.41, 5.74) is 0.439. The minimum atomic E-state index is -0.184. The molecule has 29 heavy (non-hydrogen) atoms. The molecule has 1 aromatic carbocycles. The van der Waals surface area contributed by atoms with Gasteiger partial charge in [-0.1, -0.05) is 31.9 Å². The fraction of sp³-hybridized carbons (Fsp3) is 0.636. The molecule has 1 N–H and O–H groups in total. The minimum absolute atomic E-state index is 0.0297. The number of carbonyl (C=O) groups excluding carboxylic acids is 2. The number of nitrogens with one attached hydrogen (secondary N) is 1. The van der Waals surface area contributed by atoms with Gasteiger partial charge in [0, 0.05) is 24.7 Å². The van der Waals surface area contributed by atoms with E-state index >= 15 is 0 Å². The van der Waals surface area contributed by atoms with Crippen molar-refractivity contribution in [2.45, 2.75) is 58.9 Å². The van der Waals surface area contributed by atoms with Crippen molar-refractivity contribution in [3.05, 3.63) is 22.7 Å². The summed E-state index contributed by atoms with van der Waals surface area (Å²) in [6, 6.07) is 3.34. The molecule has 2 unspecified atom stereocenters. The lowest BCUT2D eigenvalue weighted by Gasteiger charge is -2.37. The van der Waals surface area contributed by atoms with Crippen LogP contribution in [0.25, 0.3) is 0 Å². The lowest BCUT2D eigenvalue weighted by Crippen LogP contribution is -2.49. The smallest absolute Gasteiger partial charge is 0.254 e. The Hall–Kier alpha value is -1.95. The molecule has 1 aliphatic rings. The van der Waals surface area contributed by atoms with Crippen LogP contribution < -0.4 is 14.8 Å². The Bertz CT molecular complexity index is 710. The van der Waals surface area contributed by atoms with Gasteiger partial charge in [-0.3, -0.25) is 9.59 Å². The fourth-order valence-corrected chi connectivity index (χ4v) is 3.76. The zero-order valence-electron chi connectivity index (χ0n) is 17.9. The second-order valence-electron chi connectivity index (χ2n) is 7.56. The summed E-state index contributed by atoms with van der Waals surface area (Å²) < 4.78 is 11.1. The van der Waals surface area contributed by atoms with Crippen molar-refractivity contribution in [2.24, 2.45) is 5.92 Å². The van der Waals surface area contributed by atoms with Crippen LogP contribution in [-0.2, 0) is 4.79 Å². The van der Waals surface area contributed by atoms with E-state index in [1.165, 1.54) is 7.11 Å². The normalized spacial score (nSPS) is 19.0. The number of hydrogen-bond acceptors (Lipinski definition) is 4. The SMILES string of the molecule is CCCCNC(=O)C1CCC(C)N(C(=O)c2cc(Cl)c(OCCC)c(OC)c2)C1. The van der Waals surface area contributed by atoms with E-state index in [2.05, 4.69) is 12.2 Å². The summed E-state index contributed by atoms with van der Waals surface area (Å²) in [5.74, 6) is 0.588. The van der Waals surface area contributed by atoms with Crippen LogP contribution in [0.4, 0.5) is 0 Å². The van der Waals surface area contributed by atoms with Crippen LogP contribution in [0.15, 0.2) is 12.1 Å². The molecular weight excluding hydrogens is 392 g/mol. The number of ether oxygens (including phenoxy) is 2. The Labute approximate surface area is 178 Å². The lowest BCUT2D eigenvalue weighted by molar-refractivity contribution is -0.126. The second-order valence-corrected chi connectivity index (χ2v) is 7.97. The van der Waals surface area contributed by atoms with Gasteiger partial charge < -0.3 is 19.7 Å². The number of piperidine rings is 1. The third-order valence-corrected chi connectivity index (χ3v) is 5.55. The zero-order valence-corrected chi connectivity index (χ0v) is 18.7. The monoisotopic (exact) mass is 424 g/mol. The van der Waals surface area contributed by atoms with E-state index in [9.17, 15) is 9.59 Å². The molecule has 2 atom stereocenters. The van der Waals surface area contributed by atoms with Crippen LogP contribution in [0.5, 0.6) is 11.5 Å². The Kier molecular flexibility index (Phi) is 9.08. The molecule has 7 heteroatoms. The first-order valence-electron chi connectivity index (χ1n) is 10.5. The maximum absolute atomic E-state index is 13.2. The molecule has 2 rings (SSSR count). The summed E-state index contributed by atoms with van der Waals surface area (Å²) in [4.78, 5) is 27.5. The number of amides is 2. The predicted octanol–water partition coefficient (Wildman–Crippen LogP) is 4.29. The van der Waals surface area contributed by atoms with Crippen LogP contribution in [0.2, 0.25) is 5.02 Å². The molecule has 0 aromatic heterocycles. The highest BCUT2D eigenvalue weighted by atomic mass is 35.5. The molecule has 0 saturated carbocycles. The number of unbranched alkanes of at least 4 members (excludes halogenated alkanes) is 1. The summed E-state index contributed by atoms with van der Waals surface area (Å²) in [6.45, 7) is 7.72. The molecule has 0 aliphatic carbocycles. The average molecular weight is 425 g/mol. The van der Waals surface area contributed by atoms with Gasteiger partial charge in [-0.2, -0.15) is 0 Å². The molecule has 2 amide bonds. The predicted molar refractivity (Wildman–Crippen MR) is 115 cm³/mol. The van der Waals surface area contributed by atoms with Gasteiger partial charge in [0.1, 0.15) is 0 Å². The number of hydrogen-bond donors (Lipinski definition) is 1. The van der Waals surface area contributed by atoms with Crippen molar-refractivity contribution in [3.63, 3.8) is 0 Å². The highest BCUT2D eigenvalue weighted by Crippen LogP contribution is 2.37. The first-order chi connectivity index (χ1) is 13.9. The largest absolute Gasteiger partial charge is 0.493 e. The molecule has 0 spiro atoms. The Balaban J connectivity index is 2.16. The third kappa shape index (κ3) is 6.01. The van der Waals surface area contributed by atoms with E-state index in [0.29, 0.717) is 41.8 Å². The van der Waals surface area contributed by atoms with Crippen molar-refractivity contribution in [3.8, 4) is 11.5 Å². The zero-order chi connectivity index (χ0) is 21.4. The van der Waals surface area contributed by atoms with Crippen LogP contribution in [0.3, 0.4) is 0 Å². The molecule has 0 bridgehead atoms. The van der Waals surface area contributed by atoms with Crippen LogP contribution in [0.1, 0.15) is 63.2 Å². The molecule has 1 aromatic rings. The van der Waals surface area contributed by atoms with Gasteiger partial charge in [0.25, 0.3) is 5.91 Å². The van der Waals surface area contributed by atoms with Crippen LogP contribution >= 0.6 is 11.6 Å². The molecule has 1 fully saturated rings. The van der Waals surface area contributed by atoms with Gasteiger partial charge in [0.05, 0.1) is 24.7 Å². The van der Waals surface area contributed by atoms with Gasteiger partial charge in [0.15, 0.2) is 11.5 Å². The Morgan fingerprint density at radius 2 is 2.00 bits per heavy atom. The number of halogens is 1. The van der Waals surface area contributed by atoms with Gasteiger partial charge in [-0.15, -0.1) is 0 Å². The maximum atomic E-state index is 13.2. The topological polar surface area (TPSA) is 67.9 Å². The third-order valence-electron chi connectivity index (χ3n) is 5.27. The summed E-state index contributed by atoms with van der Waals surface area (Å²) in [6.07, 6.45) is 4.42. The fourth-order valence-electron chi connectivity index (χ4n) is 3.49. The maximum Gasteiger partial charge on any atom is 0.254 e. The second kappa shape index (κ2) is 11.3. The van der Waals surface area contributed by atoms with E-state index in [4.69, 9.17) is 21.1 Å². The summed E-state index contributed by atoms with van der Waals surface area (Å²) >= 11 is 6.38. The molecule has 1 heterocycles. The molecular formula is C22H33ClN2O4. The summed E-state index contributed by atoms with van der Waals surface area (Å²) in [5, 5.41) is 3.33. The number of carbonyl (C=O) groups is 2. The van der Waals surface area contributed by atoms with E-state index in [-0.39, 0.29) is 23.8 Å². The van der Waals surface area contributed by atoms with Crippen molar-refractivity contribution < 1.29 is 19.1 Å². The molecule has 6 nitrogen and oxygen atoms in total. The quantitative estimate of drug-likeness (QED) is 0.600. The van der Waals surface area contributed by atoms with Crippen molar-refractivity contribution in [1.82, 2.24) is 10.2 Å². The highest BCUT2D eigenvalue weighted by molar-refractivity contribution is 6.32. The van der Waals surface area contributed by atoms with E-state index in [1.807, 2.05) is 13.8 Å². The first-order valence-corrected chi connectivity index (χ1v) is 10.9. The Morgan fingerprint density at radius 3 is 2.66 bits per heavy atom. The first kappa shape index (κ1) is 23.3. The van der Waals surface area contributed by atoms with Gasteiger partial charge >= 0.3 is 0 Å². The van der Waals surface area contributed by atoms with E-state index < -0.39 is 0 Å². The standard InChI is InChI=1S/C22H33ClN2O4/c1-5-7-10-24-21(26)16-9-8-15(3)25(14-16)22(27)17-12-18(23)20(29-11-6-2)19(13-17)28-4/h12-13,15-16H,5-11,14H2,1-4H3,(H,24,26). The lowest BCUT2D eigenvalue weighted by atomic mass is 9.92. The molecule has 0 radical (unpaired) electrons. The molecule has 1 aliphatic heterocycles. The highest BCUT2D eigenvalue weighted by Gasteiger charge is 2.33. The molecule has 1 saturated heterocycles. The molecule has 162 valence electrons. The number of nitrogens with zero attached hydrogens (tertiary/aromatic N) is 1. The van der Waals surface area contributed by atoms with Crippen LogP contribution in [0, 0.1) is 5.92 Å². The van der Waals surface area contributed by atoms with Gasteiger partial charge in [0.2, 0.25) is 5.91 Å². The van der Waals surface area contributed by atoms with E-state index in [1.54, 1.807) is 17.0 Å². The number of methoxy groups -OCH3 is 1. The minimum Gasteiger partial charge on any atom is -0.493 e. The average Bonchev–Trinajstić information content (AvgIpc) is 2.72. The number of rotatable bonds is 9. The van der Waals surface area contributed by atoms with Crippen molar-refractivity contribution in [2.75, 3.05) is 26.8 Å². The Morgan fingerprint density at radius 1 is 1.24 bits per heavy atom. The van der Waals surface area contributed by atoms with Gasteiger partial charge in [-0.25, -0.2) is 0 Å². The van der Waals surface area contributed by atoms with Crippen molar-refractivity contribution >= 4 is 23.4 Å². The number of likely N-dealkylation sites (tertiary alicyclic amines) is 1. The van der Waals surface area contributed by atoms with Crippen molar-refractivity contribution in [1.29, 1.82) is 0 Å². The number of benzene rings is 1. The van der Waals surface area contributed by atoms with Crippen LogP contribution in [-0.4, -0.2) is 49.6 Å². The summed E-state index contributed by atoms with van der Waals surface area (Å²) in [7, 11) is 1.53.